The molecule has 45 heavy (non-hydrogen) atoms. The van der Waals surface area contributed by atoms with Crippen molar-refractivity contribution >= 4 is 17.2 Å². The molecule has 0 aromatic heterocycles. The van der Waals surface area contributed by atoms with Crippen molar-refractivity contribution in [2.24, 2.45) is 0 Å². The summed E-state index contributed by atoms with van der Waals surface area (Å²) >= 11 is 0. The molecule has 2 aliphatic heterocycles. The number of ether oxygens (including phenoxy) is 2. The van der Waals surface area contributed by atoms with E-state index in [0.29, 0.717) is 23.7 Å². The average Bonchev–Trinajstić information content (AvgIpc) is 3.77. The minimum Gasteiger partial charge on any atom is -0.381 e. The smallest absolute Gasteiger partial charge is 0.381 e. The summed E-state index contributed by atoms with van der Waals surface area (Å²) in [5, 5.41) is 5.40. The molecule has 5 heteroatoms. The average molecular weight is 606 g/mol. The normalized spacial score (nSPS) is 14.6. The van der Waals surface area contributed by atoms with Gasteiger partial charge in [0.15, 0.2) is 0 Å². The fourth-order valence-electron chi connectivity index (χ4n) is 5.46. The summed E-state index contributed by atoms with van der Waals surface area (Å²) in [5.41, 5.74) is 9.88. The van der Waals surface area contributed by atoms with Gasteiger partial charge >= 0.3 is 18.9 Å². The zero-order valence-corrected chi connectivity index (χ0v) is 30.0. The van der Waals surface area contributed by atoms with Crippen molar-refractivity contribution in [3.05, 3.63) is 99.4 Å². The number of para-hydroxylation sites is 2. The van der Waals surface area contributed by atoms with Gasteiger partial charge in [0.1, 0.15) is 5.84 Å². The van der Waals surface area contributed by atoms with E-state index in [-0.39, 0.29) is 18.9 Å². The second-order valence-corrected chi connectivity index (χ2v) is 13.3. The fourth-order valence-corrected chi connectivity index (χ4v) is 5.46. The monoisotopic (exact) mass is 605 g/mol. The summed E-state index contributed by atoms with van der Waals surface area (Å²) in [6.07, 6.45) is 5.11. The van der Waals surface area contributed by atoms with Crippen molar-refractivity contribution in [1.82, 2.24) is 0 Å². The maximum Gasteiger partial charge on any atom is 1.00 e. The van der Waals surface area contributed by atoms with Crippen LogP contribution in [0.15, 0.2) is 60.7 Å². The van der Waals surface area contributed by atoms with Crippen LogP contribution in [-0.4, -0.2) is 32.3 Å². The van der Waals surface area contributed by atoms with Crippen molar-refractivity contribution in [3.63, 3.8) is 0 Å². The predicted molar refractivity (Wildman–Crippen MR) is 188 cm³/mol. The molecule has 3 aromatic rings. The van der Waals surface area contributed by atoms with Gasteiger partial charge in [0.2, 0.25) is 0 Å². The van der Waals surface area contributed by atoms with Crippen molar-refractivity contribution in [2.75, 3.05) is 26.4 Å². The van der Waals surface area contributed by atoms with E-state index < -0.39 is 0 Å². The van der Waals surface area contributed by atoms with Crippen LogP contribution in [0.3, 0.4) is 0 Å². The second kappa shape index (κ2) is 20.0. The Morgan fingerprint density at radius 2 is 0.956 bits per heavy atom. The molecule has 2 heterocycles. The van der Waals surface area contributed by atoms with Gasteiger partial charge in [-0.05, 0) is 78.5 Å². The summed E-state index contributed by atoms with van der Waals surface area (Å²) in [5.74, 6) is 2.52. The van der Waals surface area contributed by atoms with Gasteiger partial charge in [-0.15, -0.1) is 0 Å². The van der Waals surface area contributed by atoms with E-state index in [1.54, 1.807) is 0 Å². The van der Waals surface area contributed by atoms with E-state index in [1.165, 1.54) is 59.2 Å². The number of nitrogens with one attached hydrogen (secondary N) is 1. The molecular weight excluding hydrogens is 547 g/mol. The minimum atomic E-state index is 0. The molecule has 2 saturated heterocycles. The number of hydrogen-bond acceptors (Lipinski definition) is 2. The van der Waals surface area contributed by atoms with Crippen molar-refractivity contribution < 1.29 is 33.3 Å². The molecule has 0 unspecified atom stereocenters. The number of hydrogen-bond donors (Lipinski definition) is 1. The van der Waals surface area contributed by atoms with Gasteiger partial charge in [0, 0.05) is 37.7 Å². The predicted octanol–water partition coefficient (Wildman–Crippen LogP) is 6.95. The molecule has 240 valence electrons. The SMILES string of the molecule is C1CCOC1.C1CCOC1.Cc1ccc(C([N-]c2c(C(C)C)cccc2C(C)C)=[NH+]c2c(C(C)C)cccc2C(C)C)cc1.[Li+]. The standard InChI is InChI=1S/C32H41N2.2C4H8O.Li/c1-20(2)26-12-10-13-27(21(3)4)30(26)33-32(25-18-16-24(9)17-19-25)34-31-28(22(5)6)14-11-15-29(31)23(7)8;2*1-2-4-5-3-1;/h10-23H,1-9H3;2*1-4H2;/q-1;;;+1/p+1. The van der Waals surface area contributed by atoms with Crippen molar-refractivity contribution in [3.8, 4) is 0 Å². The van der Waals surface area contributed by atoms with Crippen LogP contribution in [-0.2, 0) is 9.47 Å². The van der Waals surface area contributed by atoms with E-state index in [0.717, 1.165) is 43.5 Å². The first kappa shape index (κ1) is 38.8. The van der Waals surface area contributed by atoms with E-state index in [2.05, 4.69) is 128 Å². The number of benzene rings is 3. The van der Waals surface area contributed by atoms with Crippen LogP contribution in [0.25, 0.3) is 5.32 Å². The summed E-state index contributed by atoms with van der Waals surface area (Å²) in [7, 11) is 0. The van der Waals surface area contributed by atoms with E-state index in [9.17, 15) is 0 Å². The molecule has 5 rings (SSSR count). The third-order valence-corrected chi connectivity index (χ3v) is 8.16. The first-order chi connectivity index (χ1) is 21.1. The van der Waals surface area contributed by atoms with Crippen LogP contribution < -0.4 is 23.9 Å². The molecule has 0 spiro atoms. The van der Waals surface area contributed by atoms with Gasteiger partial charge in [-0.1, -0.05) is 122 Å². The van der Waals surface area contributed by atoms with Gasteiger partial charge in [0.05, 0.1) is 5.69 Å². The van der Waals surface area contributed by atoms with Crippen LogP contribution >= 0.6 is 0 Å². The van der Waals surface area contributed by atoms with Crippen LogP contribution in [0.1, 0.15) is 138 Å². The first-order valence-corrected chi connectivity index (χ1v) is 16.9. The molecule has 3 aromatic carbocycles. The number of nitrogens with zero attached hydrogens (tertiary/aromatic N) is 1. The van der Waals surface area contributed by atoms with Crippen LogP contribution in [0.2, 0.25) is 0 Å². The summed E-state index contributed by atoms with van der Waals surface area (Å²) < 4.78 is 9.89. The Hall–Kier alpha value is -2.35. The third kappa shape index (κ3) is 12.1. The maximum absolute atomic E-state index is 5.40. The van der Waals surface area contributed by atoms with Crippen molar-refractivity contribution in [1.29, 1.82) is 0 Å². The molecule has 0 bridgehead atoms. The summed E-state index contributed by atoms with van der Waals surface area (Å²) in [6.45, 7) is 24.2. The zero-order chi connectivity index (χ0) is 32.1. The Morgan fingerprint density at radius 3 is 1.29 bits per heavy atom. The summed E-state index contributed by atoms with van der Waals surface area (Å²) in [4.78, 5) is 3.85. The Labute approximate surface area is 287 Å². The first-order valence-electron chi connectivity index (χ1n) is 16.9. The molecule has 4 nitrogen and oxygen atoms in total. The molecule has 0 saturated carbocycles. The number of amidine groups is 1. The molecule has 0 amide bonds. The van der Waals surface area contributed by atoms with E-state index >= 15 is 0 Å². The Bertz CT molecular complexity index is 1230. The molecule has 0 radical (unpaired) electrons. The quantitative estimate of drug-likeness (QED) is 0.180. The van der Waals surface area contributed by atoms with E-state index in [4.69, 9.17) is 14.8 Å². The van der Waals surface area contributed by atoms with E-state index in [1.807, 2.05) is 0 Å². The molecule has 2 aliphatic rings. The van der Waals surface area contributed by atoms with Gasteiger partial charge in [-0.3, -0.25) is 0 Å². The Morgan fingerprint density at radius 1 is 0.578 bits per heavy atom. The largest absolute Gasteiger partial charge is 1.00 e. The topological polar surface area (TPSA) is 46.5 Å². The van der Waals surface area contributed by atoms with Gasteiger partial charge in [-0.2, -0.15) is 0 Å². The molecule has 2 fully saturated rings. The van der Waals surface area contributed by atoms with Gasteiger partial charge in [-0.25, -0.2) is 5.32 Å². The Kier molecular flexibility index (Phi) is 17.3. The van der Waals surface area contributed by atoms with Crippen LogP contribution in [0, 0.1) is 6.92 Å². The van der Waals surface area contributed by atoms with Crippen LogP contribution in [0.4, 0.5) is 11.4 Å². The molecule has 1 N–H and O–H groups in total. The van der Waals surface area contributed by atoms with Crippen molar-refractivity contribution in [2.45, 2.75) is 112 Å². The maximum atomic E-state index is 5.40. The Balaban J connectivity index is 0.000000540. The van der Waals surface area contributed by atoms with Crippen LogP contribution in [0.5, 0.6) is 0 Å². The minimum absolute atomic E-state index is 0. The number of rotatable bonds is 7. The molecule has 0 aliphatic carbocycles. The summed E-state index contributed by atoms with van der Waals surface area (Å²) in [6, 6.07) is 22.0. The number of aryl methyl sites for hydroxylation is 1. The van der Waals surface area contributed by atoms with Gasteiger partial charge in [0.25, 0.3) is 0 Å². The molecular formula is C40H58LiN2O2+. The van der Waals surface area contributed by atoms with Gasteiger partial charge < -0.3 is 14.5 Å². The second-order valence-electron chi connectivity index (χ2n) is 13.3. The zero-order valence-electron chi connectivity index (χ0n) is 30.0. The fraction of sp³-hybridized carbons (Fsp3) is 0.525. The molecule has 0 atom stereocenters. The third-order valence-electron chi connectivity index (χ3n) is 8.16.